The summed E-state index contributed by atoms with van der Waals surface area (Å²) in [6, 6.07) is 9.83. The molecule has 222 valence electrons. The average molecular weight is 594 g/mol. The highest BCUT2D eigenvalue weighted by atomic mass is 32.2. The van der Waals surface area contributed by atoms with Crippen molar-refractivity contribution in [2.24, 2.45) is 0 Å². The predicted molar refractivity (Wildman–Crippen MR) is 159 cm³/mol. The number of ether oxygens (including phenoxy) is 2. The monoisotopic (exact) mass is 593 g/mol. The van der Waals surface area contributed by atoms with Crippen LogP contribution in [0.4, 0.5) is 11.8 Å². The lowest BCUT2D eigenvalue weighted by molar-refractivity contribution is 0.0583. The highest BCUT2D eigenvalue weighted by Gasteiger charge is 2.34. The SMILES string of the molecule is COc1cncnc1-c1ccc2nc(Nc3cc(CN4CCN(S(=O)(=O)N5CCC(OC)CC5)CC4)ccn3)[nH]c2c1. The molecule has 0 aliphatic carbocycles. The number of nitrogens with one attached hydrogen (secondary N) is 2. The number of aromatic amines is 1. The predicted octanol–water partition coefficient (Wildman–Crippen LogP) is 2.64. The van der Waals surface area contributed by atoms with Crippen LogP contribution in [-0.4, -0.2) is 106 Å². The number of pyridine rings is 1. The summed E-state index contributed by atoms with van der Waals surface area (Å²) in [6.45, 7) is 4.02. The molecule has 2 aliphatic heterocycles. The van der Waals surface area contributed by atoms with E-state index in [2.05, 4.69) is 35.1 Å². The third-order valence-corrected chi connectivity index (χ3v) is 9.88. The van der Waals surface area contributed by atoms with Gasteiger partial charge in [-0.3, -0.25) is 4.90 Å². The second kappa shape index (κ2) is 12.3. The van der Waals surface area contributed by atoms with E-state index in [1.807, 2.05) is 30.3 Å². The van der Waals surface area contributed by atoms with Crippen LogP contribution in [0.2, 0.25) is 0 Å². The number of piperidine rings is 1. The molecule has 2 N–H and O–H groups in total. The van der Waals surface area contributed by atoms with E-state index in [1.54, 1.807) is 35.2 Å². The smallest absolute Gasteiger partial charge is 0.282 e. The molecule has 0 bridgehead atoms. The van der Waals surface area contributed by atoms with Gasteiger partial charge in [0.05, 0.1) is 30.4 Å². The van der Waals surface area contributed by atoms with Crippen molar-refractivity contribution in [2.75, 3.05) is 58.8 Å². The van der Waals surface area contributed by atoms with Crippen LogP contribution in [0.3, 0.4) is 0 Å². The minimum atomic E-state index is -3.45. The molecular formula is C28H35N9O4S. The number of anilines is 2. The van der Waals surface area contributed by atoms with E-state index in [1.165, 1.54) is 6.33 Å². The Hall–Kier alpha value is -3.69. The number of nitrogens with zero attached hydrogens (tertiary/aromatic N) is 7. The van der Waals surface area contributed by atoms with Gasteiger partial charge >= 0.3 is 0 Å². The van der Waals surface area contributed by atoms with Gasteiger partial charge in [-0.15, -0.1) is 0 Å². The van der Waals surface area contributed by atoms with E-state index in [-0.39, 0.29) is 6.10 Å². The van der Waals surface area contributed by atoms with Gasteiger partial charge in [-0.05, 0) is 42.7 Å². The lowest BCUT2D eigenvalue weighted by Gasteiger charge is -2.38. The Morgan fingerprint density at radius 2 is 1.79 bits per heavy atom. The van der Waals surface area contributed by atoms with Crippen molar-refractivity contribution < 1.29 is 17.9 Å². The lowest BCUT2D eigenvalue weighted by atomic mass is 10.1. The van der Waals surface area contributed by atoms with Crippen molar-refractivity contribution in [2.45, 2.75) is 25.5 Å². The number of hydrogen-bond acceptors (Lipinski definition) is 10. The summed E-state index contributed by atoms with van der Waals surface area (Å²) in [5, 5.41) is 3.27. The fourth-order valence-corrected chi connectivity index (χ4v) is 7.12. The minimum Gasteiger partial charge on any atom is -0.493 e. The van der Waals surface area contributed by atoms with Gasteiger partial charge in [0, 0.05) is 64.7 Å². The van der Waals surface area contributed by atoms with E-state index in [0.29, 0.717) is 69.0 Å². The van der Waals surface area contributed by atoms with E-state index >= 15 is 0 Å². The average Bonchev–Trinajstić information content (AvgIpc) is 3.43. The maximum absolute atomic E-state index is 13.2. The second-order valence-electron chi connectivity index (χ2n) is 10.4. The van der Waals surface area contributed by atoms with Crippen LogP contribution < -0.4 is 10.1 Å². The zero-order chi connectivity index (χ0) is 29.1. The molecule has 0 saturated carbocycles. The Morgan fingerprint density at radius 3 is 2.55 bits per heavy atom. The lowest BCUT2D eigenvalue weighted by Crippen LogP contribution is -2.54. The standard InChI is InChI=1S/C28H35N9O4S/c1-40-22-6-9-36(10-7-22)42(38,39)37-13-11-35(12-14-37)18-20-5-8-30-26(15-20)34-28-32-23-4-3-21(16-24(23)33-28)27-25(41-2)17-29-19-31-27/h3-5,8,15-17,19,22H,6-7,9-14,18H2,1-2H3,(H2,30,32,33,34). The molecule has 14 heteroatoms. The molecule has 0 spiro atoms. The number of imidazole rings is 1. The van der Waals surface area contributed by atoms with Gasteiger partial charge in [0.2, 0.25) is 5.95 Å². The topological polar surface area (TPSA) is 142 Å². The minimum absolute atomic E-state index is 0.146. The Bertz CT molecular complexity index is 1630. The fraction of sp³-hybridized carbons (Fsp3) is 0.429. The zero-order valence-corrected chi connectivity index (χ0v) is 24.5. The maximum Gasteiger partial charge on any atom is 0.282 e. The Balaban J connectivity index is 1.07. The Kier molecular flexibility index (Phi) is 8.31. The van der Waals surface area contributed by atoms with Crippen molar-refractivity contribution in [3.8, 4) is 17.0 Å². The van der Waals surface area contributed by atoms with Crippen LogP contribution in [0.15, 0.2) is 49.1 Å². The van der Waals surface area contributed by atoms with E-state index < -0.39 is 10.2 Å². The van der Waals surface area contributed by atoms with Crippen molar-refractivity contribution in [3.63, 3.8) is 0 Å². The highest BCUT2D eigenvalue weighted by Crippen LogP contribution is 2.29. The molecule has 1 aromatic carbocycles. The molecule has 2 fully saturated rings. The molecule has 2 saturated heterocycles. The summed E-state index contributed by atoms with van der Waals surface area (Å²) in [5.74, 6) is 1.85. The van der Waals surface area contributed by atoms with Gasteiger partial charge in [-0.2, -0.15) is 17.0 Å². The van der Waals surface area contributed by atoms with Gasteiger partial charge in [-0.1, -0.05) is 6.07 Å². The molecule has 4 aromatic rings. The summed E-state index contributed by atoms with van der Waals surface area (Å²) in [4.78, 5) is 23.1. The van der Waals surface area contributed by atoms with Gasteiger partial charge < -0.3 is 19.8 Å². The van der Waals surface area contributed by atoms with Gasteiger partial charge in [0.1, 0.15) is 17.8 Å². The number of fused-ring (bicyclic) bond motifs is 1. The first kappa shape index (κ1) is 28.4. The van der Waals surface area contributed by atoms with Crippen LogP contribution in [0.25, 0.3) is 22.3 Å². The van der Waals surface area contributed by atoms with Crippen LogP contribution in [0.5, 0.6) is 5.75 Å². The summed E-state index contributed by atoms with van der Waals surface area (Å²) in [6.07, 6.45) is 6.52. The third-order valence-electron chi connectivity index (χ3n) is 7.85. The first-order valence-electron chi connectivity index (χ1n) is 14.0. The number of methoxy groups -OCH3 is 2. The Labute approximate surface area is 245 Å². The van der Waals surface area contributed by atoms with E-state index in [9.17, 15) is 8.42 Å². The largest absolute Gasteiger partial charge is 0.493 e. The van der Waals surface area contributed by atoms with Gasteiger partial charge in [0.15, 0.2) is 5.75 Å². The summed E-state index contributed by atoms with van der Waals surface area (Å²) in [7, 11) is -0.165. The number of aromatic nitrogens is 5. The number of H-pyrrole nitrogens is 1. The molecule has 3 aromatic heterocycles. The quantitative estimate of drug-likeness (QED) is 0.297. The summed E-state index contributed by atoms with van der Waals surface area (Å²) in [5.41, 5.74) is 4.34. The van der Waals surface area contributed by atoms with E-state index in [0.717, 1.165) is 35.0 Å². The molecule has 13 nitrogen and oxygen atoms in total. The van der Waals surface area contributed by atoms with E-state index in [4.69, 9.17) is 9.47 Å². The molecule has 0 amide bonds. The van der Waals surface area contributed by atoms with Crippen LogP contribution >= 0.6 is 0 Å². The van der Waals surface area contributed by atoms with Crippen molar-refractivity contribution in [1.29, 1.82) is 0 Å². The molecule has 6 rings (SSSR count). The number of hydrogen-bond donors (Lipinski definition) is 2. The number of benzene rings is 1. The molecule has 0 radical (unpaired) electrons. The zero-order valence-electron chi connectivity index (χ0n) is 23.7. The van der Waals surface area contributed by atoms with Crippen LogP contribution in [0, 0.1) is 0 Å². The van der Waals surface area contributed by atoms with Gasteiger partial charge in [0.25, 0.3) is 10.2 Å². The summed E-state index contributed by atoms with van der Waals surface area (Å²) >= 11 is 0. The van der Waals surface area contributed by atoms with Crippen molar-refractivity contribution in [3.05, 3.63) is 54.6 Å². The molecule has 42 heavy (non-hydrogen) atoms. The molecule has 5 heterocycles. The fourth-order valence-electron chi connectivity index (χ4n) is 5.50. The Morgan fingerprint density at radius 1 is 1.00 bits per heavy atom. The second-order valence-corrected chi connectivity index (χ2v) is 12.4. The molecular weight excluding hydrogens is 558 g/mol. The van der Waals surface area contributed by atoms with Crippen LogP contribution in [-0.2, 0) is 21.5 Å². The maximum atomic E-state index is 13.2. The number of piperazine rings is 1. The van der Waals surface area contributed by atoms with Crippen LogP contribution in [0.1, 0.15) is 18.4 Å². The molecule has 2 aliphatic rings. The number of rotatable bonds is 9. The van der Waals surface area contributed by atoms with Crippen molar-refractivity contribution in [1.82, 2.24) is 38.4 Å². The third kappa shape index (κ3) is 6.08. The molecule has 0 atom stereocenters. The first-order chi connectivity index (χ1) is 20.4. The molecule has 0 unspecified atom stereocenters. The highest BCUT2D eigenvalue weighted by molar-refractivity contribution is 7.86. The first-order valence-corrected chi connectivity index (χ1v) is 15.4. The normalized spacial score (nSPS) is 18.0. The van der Waals surface area contributed by atoms with Gasteiger partial charge in [-0.25, -0.2) is 19.9 Å². The van der Waals surface area contributed by atoms with Crippen molar-refractivity contribution >= 4 is 33.0 Å². The summed E-state index contributed by atoms with van der Waals surface area (Å²) < 4.78 is 40.3.